The summed E-state index contributed by atoms with van der Waals surface area (Å²) in [5.41, 5.74) is 8.67. The molecule has 22 heavy (non-hydrogen) atoms. The molecule has 0 spiro atoms. The maximum atomic E-state index is 6.04. The maximum absolute atomic E-state index is 6.04. The van der Waals surface area contributed by atoms with E-state index >= 15 is 0 Å². The SMILES string of the molecule is Cn1nccc1COc1ccc2nc(N)n(C3CCC3)c2n1. The number of rotatable bonds is 4. The number of aryl methyl sites for hydroxylation is 1. The number of fused-ring (bicyclic) bond motifs is 1. The lowest BCUT2D eigenvalue weighted by molar-refractivity contribution is 0.282. The molecule has 3 aromatic rings. The third kappa shape index (κ3) is 2.09. The van der Waals surface area contributed by atoms with E-state index in [4.69, 9.17) is 10.5 Å². The van der Waals surface area contributed by atoms with E-state index in [1.165, 1.54) is 6.42 Å². The van der Waals surface area contributed by atoms with Gasteiger partial charge in [0.15, 0.2) is 5.65 Å². The number of ether oxygens (including phenoxy) is 1. The second kappa shape index (κ2) is 5.01. The first-order valence-electron chi connectivity index (χ1n) is 7.46. The summed E-state index contributed by atoms with van der Waals surface area (Å²) < 4.78 is 9.61. The Kier molecular flexibility index (Phi) is 2.99. The molecule has 0 aliphatic heterocycles. The summed E-state index contributed by atoms with van der Waals surface area (Å²) in [6.45, 7) is 0.433. The van der Waals surface area contributed by atoms with Crippen LogP contribution in [0, 0.1) is 0 Å². The number of aromatic nitrogens is 5. The quantitative estimate of drug-likeness (QED) is 0.797. The molecule has 3 aromatic heterocycles. The van der Waals surface area contributed by atoms with Crippen molar-refractivity contribution >= 4 is 17.1 Å². The van der Waals surface area contributed by atoms with Crippen molar-refractivity contribution in [2.45, 2.75) is 31.9 Å². The van der Waals surface area contributed by atoms with Crippen LogP contribution in [0.5, 0.6) is 5.88 Å². The molecule has 0 amide bonds. The Hall–Kier alpha value is -2.57. The zero-order chi connectivity index (χ0) is 15.1. The molecule has 4 rings (SSSR count). The highest BCUT2D eigenvalue weighted by Gasteiger charge is 2.24. The van der Waals surface area contributed by atoms with Crippen molar-refractivity contribution < 1.29 is 4.74 Å². The molecule has 2 N–H and O–H groups in total. The van der Waals surface area contributed by atoms with Crippen molar-refractivity contribution in [3.8, 4) is 5.88 Å². The molecule has 1 aliphatic carbocycles. The van der Waals surface area contributed by atoms with Gasteiger partial charge in [-0.2, -0.15) is 10.1 Å². The molecule has 1 saturated carbocycles. The van der Waals surface area contributed by atoms with E-state index in [-0.39, 0.29) is 0 Å². The molecule has 114 valence electrons. The topological polar surface area (TPSA) is 83.8 Å². The summed E-state index contributed by atoms with van der Waals surface area (Å²) in [5.74, 6) is 1.12. The highest BCUT2D eigenvalue weighted by molar-refractivity contribution is 5.75. The van der Waals surface area contributed by atoms with Crippen LogP contribution in [0.2, 0.25) is 0 Å². The van der Waals surface area contributed by atoms with Gasteiger partial charge in [-0.3, -0.25) is 9.25 Å². The highest BCUT2D eigenvalue weighted by atomic mass is 16.5. The smallest absolute Gasteiger partial charge is 0.215 e. The normalized spacial score (nSPS) is 15.1. The van der Waals surface area contributed by atoms with Crippen LogP contribution >= 0.6 is 0 Å². The van der Waals surface area contributed by atoms with Crippen LogP contribution < -0.4 is 10.5 Å². The zero-order valence-electron chi connectivity index (χ0n) is 12.4. The van der Waals surface area contributed by atoms with Gasteiger partial charge in [-0.1, -0.05) is 0 Å². The van der Waals surface area contributed by atoms with Crippen molar-refractivity contribution in [3.05, 3.63) is 30.1 Å². The monoisotopic (exact) mass is 298 g/mol. The standard InChI is InChI=1S/C15H18N6O/c1-20-11(7-8-17-20)9-22-13-6-5-12-14(19-13)21(15(16)18-12)10-3-2-4-10/h5-8,10H,2-4,9H2,1H3,(H2,16,18). The van der Waals surface area contributed by atoms with Gasteiger partial charge in [0.1, 0.15) is 12.1 Å². The molecule has 7 nitrogen and oxygen atoms in total. The number of anilines is 1. The molecule has 1 aliphatic rings. The lowest BCUT2D eigenvalue weighted by Gasteiger charge is -2.27. The summed E-state index contributed by atoms with van der Waals surface area (Å²) in [6.07, 6.45) is 5.26. The number of pyridine rings is 1. The number of nitrogens with two attached hydrogens (primary N) is 1. The van der Waals surface area contributed by atoms with Crippen molar-refractivity contribution in [1.82, 2.24) is 24.3 Å². The lowest BCUT2D eigenvalue weighted by atomic mass is 9.93. The van der Waals surface area contributed by atoms with Gasteiger partial charge in [0.2, 0.25) is 11.8 Å². The second-order valence-corrected chi connectivity index (χ2v) is 5.65. The minimum atomic E-state index is 0.421. The van der Waals surface area contributed by atoms with Crippen molar-refractivity contribution in [2.75, 3.05) is 5.73 Å². The van der Waals surface area contributed by atoms with Gasteiger partial charge in [-0.15, -0.1) is 0 Å². The van der Waals surface area contributed by atoms with E-state index in [0.29, 0.717) is 24.5 Å². The molecule has 0 radical (unpaired) electrons. The molecule has 0 atom stereocenters. The molecule has 0 aromatic carbocycles. The predicted molar refractivity (Wildman–Crippen MR) is 82.4 cm³/mol. The molecule has 0 unspecified atom stereocenters. The second-order valence-electron chi connectivity index (χ2n) is 5.65. The molecule has 0 saturated heterocycles. The lowest BCUT2D eigenvalue weighted by Crippen LogP contribution is -2.19. The first-order chi connectivity index (χ1) is 10.7. The number of nitrogen functional groups attached to an aromatic ring is 1. The Labute approximate surface area is 127 Å². The number of hydrogen-bond donors (Lipinski definition) is 1. The Balaban J connectivity index is 1.63. The Morgan fingerprint density at radius 1 is 1.27 bits per heavy atom. The van der Waals surface area contributed by atoms with Crippen molar-refractivity contribution in [2.24, 2.45) is 7.05 Å². The van der Waals surface area contributed by atoms with E-state index in [1.807, 2.05) is 29.8 Å². The molecular formula is C15H18N6O. The predicted octanol–water partition coefficient (Wildman–Crippen LogP) is 2.05. The maximum Gasteiger partial charge on any atom is 0.215 e. The number of nitrogens with zero attached hydrogens (tertiary/aromatic N) is 5. The van der Waals surface area contributed by atoms with E-state index in [0.717, 1.165) is 29.7 Å². The summed E-state index contributed by atoms with van der Waals surface area (Å²) in [4.78, 5) is 8.99. The average molecular weight is 298 g/mol. The van der Waals surface area contributed by atoms with Crippen molar-refractivity contribution in [1.29, 1.82) is 0 Å². The first kappa shape index (κ1) is 13.1. The third-order valence-electron chi connectivity index (χ3n) is 4.27. The van der Waals surface area contributed by atoms with Crippen LogP contribution in [0.25, 0.3) is 11.2 Å². The molecule has 0 bridgehead atoms. The fourth-order valence-electron chi connectivity index (χ4n) is 2.75. The highest BCUT2D eigenvalue weighted by Crippen LogP contribution is 2.36. The van der Waals surface area contributed by atoms with Crippen LogP contribution in [0.1, 0.15) is 31.0 Å². The third-order valence-corrected chi connectivity index (χ3v) is 4.27. The molecule has 7 heteroatoms. The molecular weight excluding hydrogens is 280 g/mol. The van der Waals surface area contributed by atoms with Crippen LogP contribution in [-0.2, 0) is 13.7 Å². The van der Waals surface area contributed by atoms with Crippen molar-refractivity contribution in [3.63, 3.8) is 0 Å². The summed E-state index contributed by atoms with van der Waals surface area (Å²) >= 11 is 0. The van der Waals surface area contributed by atoms with Gasteiger partial charge >= 0.3 is 0 Å². The summed E-state index contributed by atoms with van der Waals surface area (Å²) in [5, 5.41) is 4.12. The van der Waals surface area contributed by atoms with Crippen LogP contribution in [-0.4, -0.2) is 24.3 Å². The summed E-state index contributed by atoms with van der Waals surface area (Å²) in [6, 6.07) is 6.09. The van der Waals surface area contributed by atoms with Gasteiger partial charge in [0, 0.05) is 25.4 Å². The fourth-order valence-corrected chi connectivity index (χ4v) is 2.75. The minimum absolute atomic E-state index is 0.421. The average Bonchev–Trinajstić information content (AvgIpc) is 2.99. The molecule has 3 heterocycles. The Morgan fingerprint density at radius 3 is 2.82 bits per heavy atom. The Morgan fingerprint density at radius 2 is 2.14 bits per heavy atom. The van der Waals surface area contributed by atoms with E-state index in [1.54, 1.807) is 10.9 Å². The number of imidazole rings is 1. The van der Waals surface area contributed by atoms with Crippen LogP contribution in [0.4, 0.5) is 5.95 Å². The van der Waals surface area contributed by atoms with Gasteiger partial charge in [0.25, 0.3) is 0 Å². The van der Waals surface area contributed by atoms with Gasteiger partial charge in [0.05, 0.1) is 5.69 Å². The number of hydrogen-bond acceptors (Lipinski definition) is 5. The molecule has 1 fully saturated rings. The largest absolute Gasteiger partial charge is 0.471 e. The van der Waals surface area contributed by atoms with E-state index in [9.17, 15) is 0 Å². The zero-order valence-corrected chi connectivity index (χ0v) is 12.4. The van der Waals surface area contributed by atoms with Gasteiger partial charge in [-0.05, 0) is 31.4 Å². The van der Waals surface area contributed by atoms with Crippen LogP contribution in [0.15, 0.2) is 24.4 Å². The minimum Gasteiger partial charge on any atom is -0.471 e. The summed E-state index contributed by atoms with van der Waals surface area (Å²) in [7, 11) is 1.89. The van der Waals surface area contributed by atoms with Gasteiger partial charge in [-0.25, -0.2) is 4.98 Å². The fraction of sp³-hybridized carbons (Fsp3) is 0.400. The Bertz CT molecular complexity index is 817. The van der Waals surface area contributed by atoms with Crippen LogP contribution in [0.3, 0.4) is 0 Å². The van der Waals surface area contributed by atoms with Gasteiger partial charge < -0.3 is 10.5 Å². The first-order valence-corrected chi connectivity index (χ1v) is 7.46. The van der Waals surface area contributed by atoms with E-state index < -0.39 is 0 Å². The van der Waals surface area contributed by atoms with E-state index in [2.05, 4.69) is 15.1 Å².